The summed E-state index contributed by atoms with van der Waals surface area (Å²) in [7, 11) is 0. The van der Waals surface area contributed by atoms with Crippen molar-refractivity contribution in [2.45, 2.75) is 111 Å². The Balaban J connectivity index is 2.52. The zero-order chi connectivity index (χ0) is 34.4. The summed E-state index contributed by atoms with van der Waals surface area (Å²) in [5.41, 5.74) is 7.06. The number of carbonyl (C=O) groups excluding carboxylic acids is 2. The quantitative estimate of drug-likeness (QED) is 0.0479. The van der Waals surface area contributed by atoms with Crippen molar-refractivity contribution in [2.24, 2.45) is 5.41 Å². The van der Waals surface area contributed by atoms with Crippen molar-refractivity contribution in [1.29, 1.82) is 0 Å². The predicted molar refractivity (Wildman–Crippen MR) is 195 cm³/mol. The molecule has 254 valence electrons. The van der Waals surface area contributed by atoms with Crippen LogP contribution in [0.1, 0.15) is 93.4 Å². The molecule has 0 bridgehead atoms. The van der Waals surface area contributed by atoms with Crippen LogP contribution in [0.5, 0.6) is 0 Å². The van der Waals surface area contributed by atoms with Gasteiger partial charge in [-0.05, 0) is 64.9 Å². The van der Waals surface area contributed by atoms with E-state index in [4.69, 9.17) is 9.47 Å². The minimum Gasteiger partial charge on any atom is -0.0696 e. The van der Waals surface area contributed by atoms with Crippen LogP contribution in [0.15, 0.2) is 106 Å². The zero-order valence-electron chi connectivity index (χ0n) is 29.6. The first-order chi connectivity index (χ1) is 21.9. The normalized spacial score (nSPS) is 17.6. The Morgan fingerprint density at radius 1 is 0.891 bits per heavy atom. The van der Waals surface area contributed by atoms with E-state index in [1.54, 1.807) is 19.1 Å². The first kappa shape index (κ1) is 41.1. The number of ether oxygens (including phenoxy) is 2. The number of aliphatic hydroxyl groups excluding tert-OH is 1. The molecular formula is C40H58O5Se. The molecule has 0 saturated heterocycles. The molecule has 0 heterocycles. The third-order valence-electron chi connectivity index (χ3n) is 7.76. The molecule has 0 aromatic heterocycles. The molecule has 0 aromatic rings. The molecule has 1 rings (SSSR count). The number of unbranched alkanes of at least 4 members (excludes halogenated alkanes) is 2. The Hall–Kier alpha value is -2.92. The summed E-state index contributed by atoms with van der Waals surface area (Å²) in [6.07, 6.45) is 30.4. The molecule has 5 nitrogen and oxygen atoms in total. The summed E-state index contributed by atoms with van der Waals surface area (Å²) in [5, 5.41) is 10.7. The molecule has 0 aliphatic heterocycles. The third-order valence-corrected chi connectivity index (χ3v) is 9.22. The van der Waals surface area contributed by atoms with Crippen LogP contribution in [-0.2, 0) is 19.1 Å². The van der Waals surface area contributed by atoms with Crippen molar-refractivity contribution in [1.82, 2.24) is 0 Å². The van der Waals surface area contributed by atoms with Gasteiger partial charge in [0, 0.05) is 0 Å². The van der Waals surface area contributed by atoms with Crippen LogP contribution >= 0.6 is 0 Å². The van der Waals surface area contributed by atoms with Crippen molar-refractivity contribution >= 4 is 26.9 Å². The number of allylic oxidation sites excluding steroid dienone is 17. The van der Waals surface area contributed by atoms with Crippen LogP contribution in [0.4, 0.5) is 0 Å². The van der Waals surface area contributed by atoms with Crippen molar-refractivity contribution in [3.05, 3.63) is 106 Å². The molecule has 0 amide bonds. The molecule has 0 saturated carbocycles. The molecule has 1 atom stereocenters. The second-order valence-electron chi connectivity index (χ2n) is 12.6. The predicted octanol–water partition coefficient (Wildman–Crippen LogP) is 9.70. The van der Waals surface area contributed by atoms with Crippen LogP contribution in [0.2, 0.25) is 11.1 Å². The van der Waals surface area contributed by atoms with Gasteiger partial charge in [-0.25, -0.2) is 0 Å². The smallest absolute Gasteiger partial charge is 0.0696 e. The van der Waals surface area contributed by atoms with Crippen molar-refractivity contribution in [3.63, 3.8) is 0 Å². The maximum absolute atomic E-state index is 12.3. The number of aliphatic hydroxyl groups is 1. The van der Waals surface area contributed by atoms with E-state index in [9.17, 15) is 14.7 Å². The van der Waals surface area contributed by atoms with E-state index in [-0.39, 0.29) is 18.0 Å². The van der Waals surface area contributed by atoms with Gasteiger partial charge in [0.2, 0.25) is 0 Å². The van der Waals surface area contributed by atoms with Gasteiger partial charge in [-0.2, -0.15) is 0 Å². The van der Waals surface area contributed by atoms with Gasteiger partial charge >= 0.3 is 113 Å². The van der Waals surface area contributed by atoms with Gasteiger partial charge in [0.15, 0.2) is 0 Å². The monoisotopic (exact) mass is 698 g/mol. The number of rotatable bonds is 19. The summed E-state index contributed by atoms with van der Waals surface area (Å²) >= 11 is 0.663. The number of carbonyl (C=O) groups is 2. The van der Waals surface area contributed by atoms with E-state index in [1.165, 1.54) is 41.3 Å². The second kappa shape index (κ2) is 23.4. The number of hydrogen-bond donors (Lipinski definition) is 1. The Kier molecular flexibility index (Phi) is 20.9. The summed E-state index contributed by atoms with van der Waals surface area (Å²) < 4.78 is 10.5. The molecule has 0 radical (unpaired) electrons. The van der Waals surface area contributed by atoms with Gasteiger partial charge in [-0.3, -0.25) is 0 Å². The first-order valence-electron chi connectivity index (χ1n) is 16.5. The standard InChI is InChI=1S/C40H58O5Se/c1-31(19-14-20-33(3)25-26-37-34(4)23-16-27-40(37,6)7)17-11-12-18-32(2)21-15-22-35(5)39(43)44-30-36(29-41)45-38(42)24-10-9-13-28-46-8/h11-12,14-15,17-22,25-26,36,41H,9-10,13,16,23-24,27-30H2,1-8H3/b12-11+,19-14+,21-15+,26-25+,31-17+,32-18+,33-20+,35-22+. The average Bonchev–Trinajstić information content (AvgIpc) is 3.00. The molecule has 0 spiro atoms. The molecule has 0 fully saturated rings. The first-order valence-corrected chi connectivity index (χ1v) is 19.4. The van der Waals surface area contributed by atoms with Crippen molar-refractivity contribution < 1.29 is 24.2 Å². The Morgan fingerprint density at radius 3 is 2.11 bits per heavy atom. The van der Waals surface area contributed by atoms with Crippen LogP contribution in [0.25, 0.3) is 0 Å². The van der Waals surface area contributed by atoms with Gasteiger partial charge in [-0.15, -0.1) is 0 Å². The fourth-order valence-corrected chi connectivity index (χ4v) is 5.95. The van der Waals surface area contributed by atoms with Crippen molar-refractivity contribution in [3.8, 4) is 0 Å². The number of hydrogen-bond acceptors (Lipinski definition) is 5. The van der Waals surface area contributed by atoms with Crippen LogP contribution < -0.4 is 0 Å². The van der Waals surface area contributed by atoms with Gasteiger partial charge in [0.1, 0.15) is 0 Å². The van der Waals surface area contributed by atoms with Gasteiger partial charge in [0.05, 0.1) is 0 Å². The molecule has 0 aromatic carbocycles. The van der Waals surface area contributed by atoms with Crippen LogP contribution in [-0.4, -0.2) is 51.3 Å². The number of esters is 2. The molecule has 1 aliphatic carbocycles. The molecular weight excluding hydrogens is 639 g/mol. The third kappa shape index (κ3) is 18.3. The van der Waals surface area contributed by atoms with E-state index in [2.05, 4.69) is 76.9 Å². The fraction of sp³-hybridized carbons (Fsp3) is 0.500. The Bertz CT molecular complexity index is 1250. The maximum atomic E-state index is 12.3. The molecule has 1 N–H and O–H groups in total. The Labute approximate surface area is 285 Å². The van der Waals surface area contributed by atoms with Crippen LogP contribution in [0, 0.1) is 5.41 Å². The summed E-state index contributed by atoms with van der Waals surface area (Å²) in [5.74, 6) is 1.32. The molecule has 1 unspecified atom stereocenters. The van der Waals surface area contributed by atoms with E-state index in [0.29, 0.717) is 27.0 Å². The fourth-order valence-electron chi connectivity index (χ4n) is 4.91. The van der Waals surface area contributed by atoms with E-state index in [0.717, 1.165) is 30.4 Å². The summed E-state index contributed by atoms with van der Waals surface area (Å²) in [4.78, 5) is 24.3. The molecule has 6 heteroatoms. The van der Waals surface area contributed by atoms with Gasteiger partial charge in [-0.1, -0.05) is 109 Å². The molecule has 46 heavy (non-hydrogen) atoms. The average molecular weight is 698 g/mol. The Morgan fingerprint density at radius 2 is 1.50 bits per heavy atom. The summed E-state index contributed by atoms with van der Waals surface area (Å²) in [6.45, 7) is 14.2. The van der Waals surface area contributed by atoms with E-state index >= 15 is 0 Å². The van der Waals surface area contributed by atoms with Crippen molar-refractivity contribution in [2.75, 3.05) is 13.2 Å². The second-order valence-corrected chi connectivity index (χ2v) is 14.7. The zero-order valence-corrected chi connectivity index (χ0v) is 31.3. The van der Waals surface area contributed by atoms with Crippen LogP contribution in [0.3, 0.4) is 0 Å². The van der Waals surface area contributed by atoms with Gasteiger partial charge < -0.3 is 0 Å². The summed E-state index contributed by atoms with van der Waals surface area (Å²) in [6, 6.07) is 0. The topological polar surface area (TPSA) is 72.8 Å². The minimum atomic E-state index is -0.854. The van der Waals surface area contributed by atoms with Gasteiger partial charge in [0.25, 0.3) is 0 Å². The SMILES string of the molecule is C[Se]CCCCCC(=O)OC(CO)COC(=O)/C(C)=C/C=C/C(C)=C/C=C/C=C(C)/C=C/C=C(C)/C=C/C1=C(C)CCCC1(C)C. The minimum absolute atomic E-state index is 0.177. The van der Waals surface area contributed by atoms with E-state index < -0.39 is 18.7 Å². The van der Waals surface area contributed by atoms with E-state index in [1.807, 2.05) is 31.2 Å². The molecule has 1 aliphatic rings.